The summed E-state index contributed by atoms with van der Waals surface area (Å²) in [6, 6.07) is 27.9. The van der Waals surface area contributed by atoms with Gasteiger partial charge in [0.05, 0.1) is 0 Å². The second-order valence-electron chi connectivity index (χ2n) is 6.13. The highest BCUT2D eigenvalue weighted by Crippen LogP contribution is 2.55. The van der Waals surface area contributed by atoms with Crippen LogP contribution < -0.4 is 0 Å². The lowest BCUT2D eigenvalue weighted by molar-refractivity contribution is 0.572. The van der Waals surface area contributed by atoms with Crippen LogP contribution in [-0.2, 0) is 23.1 Å². The average molecular weight is 355 g/mol. The van der Waals surface area contributed by atoms with Gasteiger partial charge in [-0.3, -0.25) is 0 Å². The lowest BCUT2D eigenvalue weighted by Crippen LogP contribution is -1.98. The van der Waals surface area contributed by atoms with Crippen molar-refractivity contribution in [3.05, 3.63) is 107 Å². The molecule has 3 rings (SSSR count). The Kier molecular flexibility index (Phi) is 5.56. The minimum atomic E-state index is -2.46. The zero-order chi connectivity index (χ0) is 16.8. The molecule has 3 aromatic carbocycles. The molecule has 0 heterocycles. The molecule has 0 N–H and O–H groups in total. The van der Waals surface area contributed by atoms with Crippen LogP contribution in [0, 0.1) is 0 Å². The van der Waals surface area contributed by atoms with Gasteiger partial charge in [-0.2, -0.15) is 0 Å². The molecule has 3 heteroatoms. The molecule has 0 aliphatic rings. The van der Waals surface area contributed by atoms with Crippen LogP contribution in [0.4, 0.5) is 0 Å². The van der Waals surface area contributed by atoms with Gasteiger partial charge in [0, 0.05) is 23.5 Å². The molecule has 122 valence electrons. The minimum absolute atomic E-state index is 0.567. The molecule has 24 heavy (non-hydrogen) atoms. The Morgan fingerprint density at radius 1 is 0.625 bits per heavy atom. The fraction of sp³-hybridized carbons (Fsp3) is 0.143. The largest absolute Gasteiger partial charge is 0.323 e. The van der Waals surface area contributed by atoms with Crippen LogP contribution in [0.2, 0.25) is 5.02 Å². The molecule has 0 aromatic heterocycles. The number of halogens is 1. The normalized spacial score (nSPS) is 11.4. The van der Waals surface area contributed by atoms with Crippen molar-refractivity contribution in [2.24, 2.45) is 0 Å². The van der Waals surface area contributed by atoms with Gasteiger partial charge in [0.2, 0.25) is 0 Å². The summed E-state index contributed by atoms with van der Waals surface area (Å²) in [6.07, 6.45) is 1.78. The summed E-state index contributed by atoms with van der Waals surface area (Å²) in [6.45, 7) is 0. The third kappa shape index (κ3) is 4.84. The third-order valence-electron chi connectivity index (χ3n) is 3.99. The van der Waals surface area contributed by atoms with E-state index in [2.05, 4.69) is 24.3 Å². The Bertz CT molecular complexity index is 785. The molecule has 1 nitrogen and oxygen atoms in total. The second kappa shape index (κ2) is 7.83. The summed E-state index contributed by atoms with van der Waals surface area (Å²) in [7, 11) is -2.46. The molecular weight excluding hydrogens is 335 g/mol. The van der Waals surface area contributed by atoms with Crippen molar-refractivity contribution >= 4 is 18.7 Å². The molecule has 0 saturated heterocycles. The highest BCUT2D eigenvalue weighted by molar-refractivity contribution is 7.61. The highest BCUT2D eigenvalue weighted by atomic mass is 35.5. The first-order chi connectivity index (χ1) is 11.6. The molecule has 0 unspecified atom stereocenters. The monoisotopic (exact) mass is 354 g/mol. The van der Waals surface area contributed by atoms with E-state index in [1.54, 1.807) is 0 Å². The summed E-state index contributed by atoms with van der Waals surface area (Å²) in [5.41, 5.74) is 3.29. The Labute approximate surface area is 148 Å². The molecule has 0 atom stereocenters. The predicted molar refractivity (Wildman–Crippen MR) is 103 cm³/mol. The van der Waals surface area contributed by atoms with Crippen molar-refractivity contribution in [2.75, 3.05) is 0 Å². The zero-order valence-corrected chi connectivity index (χ0v) is 15.1. The predicted octanol–water partition coefficient (Wildman–Crippen LogP) is 6.60. The molecule has 0 radical (unpaired) electrons. The zero-order valence-electron chi connectivity index (χ0n) is 13.4. The highest BCUT2D eigenvalue weighted by Gasteiger charge is 2.24. The van der Waals surface area contributed by atoms with Gasteiger partial charge in [-0.05, 0) is 28.8 Å². The maximum Gasteiger partial charge on any atom is 0.100 e. The van der Waals surface area contributed by atoms with Gasteiger partial charge in [0.25, 0.3) is 0 Å². The van der Waals surface area contributed by atoms with E-state index in [0.717, 1.165) is 16.7 Å². The van der Waals surface area contributed by atoms with Crippen molar-refractivity contribution in [1.82, 2.24) is 0 Å². The van der Waals surface area contributed by atoms with Crippen LogP contribution in [0.3, 0.4) is 0 Å². The van der Waals surface area contributed by atoms with E-state index in [-0.39, 0.29) is 0 Å². The van der Waals surface area contributed by atoms with Crippen LogP contribution >= 0.6 is 18.7 Å². The van der Waals surface area contributed by atoms with Crippen molar-refractivity contribution in [3.63, 3.8) is 0 Å². The van der Waals surface area contributed by atoms with Gasteiger partial charge >= 0.3 is 0 Å². The first-order valence-electron chi connectivity index (χ1n) is 8.02. The molecule has 0 aliphatic heterocycles. The van der Waals surface area contributed by atoms with E-state index in [0.29, 0.717) is 23.5 Å². The quantitative estimate of drug-likeness (QED) is 0.455. The summed E-state index contributed by atoms with van der Waals surface area (Å²) < 4.78 is 13.8. The number of rotatable bonds is 6. The molecule has 0 fully saturated rings. The van der Waals surface area contributed by atoms with Gasteiger partial charge in [0.15, 0.2) is 0 Å². The van der Waals surface area contributed by atoms with Crippen LogP contribution in [0.5, 0.6) is 0 Å². The summed E-state index contributed by atoms with van der Waals surface area (Å²) in [5, 5.41) is 0.693. The number of benzene rings is 3. The van der Waals surface area contributed by atoms with Crippen molar-refractivity contribution < 1.29 is 4.57 Å². The molecule has 0 spiro atoms. The van der Waals surface area contributed by atoms with E-state index in [1.807, 2.05) is 60.7 Å². The van der Waals surface area contributed by atoms with Gasteiger partial charge in [-0.15, -0.1) is 0 Å². The van der Waals surface area contributed by atoms with E-state index >= 15 is 0 Å². The standard InChI is InChI=1S/C21H20ClOP/c22-21-13-7-12-20(14-21)17-24(23,15-18-8-3-1-4-9-18)16-19-10-5-2-6-11-19/h1-14H,15-17H2. The molecular formula is C21H20ClOP. The Hall–Kier alpha value is -1.82. The Balaban J connectivity index is 1.89. The molecule has 3 aromatic rings. The summed E-state index contributed by atoms with van der Waals surface area (Å²) in [4.78, 5) is 0. The maximum atomic E-state index is 13.8. The number of hydrogen-bond donors (Lipinski definition) is 0. The van der Waals surface area contributed by atoms with E-state index in [1.165, 1.54) is 0 Å². The lowest BCUT2D eigenvalue weighted by Gasteiger charge is -2.19. The lowest BCUT2D eigenvalue weighted by atomic mass is 10.2. The van der Waals surface area contributed by atoms with Gasteiger partial charge in [-0.1, -0.05) is 84.4 Å². The SMILES string of the molecule is O=P(Cc1ccccc1)(Cc1ccccc1)Cc1cccc(Cl)c1. The fourth-order valence-electron chi connectivity index (χ4n) is 2.97. The Morgan fingerprint density at radius 3 is 1.58 bits per heavy atom. The minimum Gasteiger partial charge on any atom is -0.323 e. The second-order valence-corrected chi connectivity index (χ2v) is 9.63. The van der Waals surface area contributed by atoms with Gasteiger partial charge in [0.1, 0.15) is 7.14 Å². The molecule has 0 aliphatic carbocycles. The fourth-order valence-corrected chi connectivity index (χ4v) is 6.13. The summed E-state index contributed by atoms with van der Waals surface area (Å²) >= 11 is 6.10. The van der Waals surface area contributed by atoms with E-state index < -0.39 is 7.14 Å². The topological polar surface area (TPSA) is 17.1 Å². The Morgan fingerprint density at radius 2 is 1.08 bits per heavy atom. The van der Waals surface area contributed by atoms with Crippen molar-refractivity contribution in [3.8, 4) is 0 Å². The maximum absolute atomic E-state index is 13.8. The molecule has 0 bridgehead atoms. The van der Waals surface area contributed by atoms with Crippen LogP contribution in [0.15, 0.2) is 84.9 Å². The third-order valence-corrected chi connectivity index (χ3v) is 7.05. The van der Waals surface area contributed by atoms with E-state index in [9.17, 15) is 4.57 Å². The summed E-state index contributed by atoms with van der Waals surface area (Å²) in [5.74, 6) is 0. The first kappa shape index (κ1) is 17.0. The van der Waals surface area contributed by atoms with E-state index in [4.69, 9.17) is 11.6 Å². The first-order valence-corrected chi connectivity index (χ1v) is 10.7. The van der Waals surface area contributed by atoms with Crippen LogP contribution in [0.25, 0.3) is 0 Å². The smallest absolute Gasteiger partial charge is 0.100 e. The molecule has 0 saturated carbocycles. The van der Waals surface area contributed by atoms with Crippen LogP contribution in [0.1, 0.15) is 16.7 Å². The van der Waals surface area contributed by atoms with Crippen molar-refractivity contribution in [2.45, 2.75) is 18.5 Å². The molecule has 0 amide bonds. The number of hydrogen-bond acceptors (Lipinski definition) is 1. The van der Waals surface area contributed by atoms with Crippen LogP contribution in [-0.4, -0.2) is 0 Å². The van der Waals surface area contributed by atoms with Crippen molar-refractivity contribution in [1.29, 1.82) is 0 Å². The van der Waals surface area contributed by atoms with Gasteiger partial charge < -0.3 is 4.57 Å². The van der Waals surface area contributed by atoms with Gasteiger partial charge in [-0.25, -0.2) is 0 Å². The average Bonchev–Trinajstić information content (AvgIpc) is 2.56.